The molecule has 0 fully saturated rings. The van der Waals surface area contributed by atoms with Crippen molar-refractivity contribution in [2.75, 3.05) is 29.9 Å². The molecule has 4 rings (SSSR count). The van der Waals surface area contributed by atoms with Gasteiger partial charge in [0.2, 0.25) is 10.0 Å². The lowest BCUT2D eigenvalue weighted by Crippen LogP contribution is -2.59. The number of rotatable bonds is 7. The van der Waals surface area contributed by atoms with Crippen LogP contribution in [0, 0.1) is 5.92 Å². The third kappa shape index (κ3) is 5.02. The molecule has 2 unspecified atom stereocenters. The zero-order valence-electron chi connectivity index (χ0n) is 20.1. The Hall–Kier alpha value is -2.83. The number of anilines is 2. The van der Waals surface area contributed by atoms with E-state index in [2.05, 4.69) is 19.9 Å². The van der Waals surface area contributed by atoms with Crippen LogP contribution >= 0.6 is 18.9 Å². The van der Waals surface area contributed by atoms with Crippen molar-refractivity contribution in [2.24, 2.45) is 15.8 Å². The van der Waals surface area contributed by atoms with E-state index in [4.69, 9.17) is 4.52 Å². The molecule has 0 radical (unpaired) electrons. The molecule has 3 N–H and O–H groups in total. The highest BCUT2D eigenvalue weighted by molar-refractivity contribution is 7.92. The first-order chi connectivity index (χ1) is 16.9. The second-order valence-corrected chi connectivity index (χ2v) is 13.5. The van der Waals surface area contributed by atoms with Crippen LogP contribution in [0.15, 0.2) is 56.7 Å². The number of nitrogens with one attached hydrogen (secondary N) is 2. The average molecular weight is 553 g/mol. The molecule has 1 amide bonds. The van der Waals surface area contributed by atoms with Gasteiger partial charge in [-0.05, 0) is 35.6 Å². The van der Waals surface area contributed by atoms with Crippen LogP contribution in [0.2, 0.25) is 0 Å². The molecule has 2 atom stereocenters. The molecular weight excluding hydrogens is 525 g/mol. The smallest absolute Gasteiger partial charge is 0.376 e. The fourth-order valence-corrected chi connectivity index (χ4v) is 6.58. The molecule has 0 saturated heterocycles. The molecule has 14 heteroatoms. The van der Waals surface area contributed by atoms with Crippen LogP contribution in [0.4, 0.5) is 11.4 Å². The monoisotopic (exact) mass is 552 g/mol. The van der Waals surface area contributed by atoms with Gasteiger partial charge in [0.05, 0.1) is 23.3 Å². The van der Waals surface area contributed by atoms with Gasteiger partial charge in [0.15, 0.2) is 11.5 Å². The summed E-state index contributed by atoms with van der Waals surface area (Å²) in [6.07, 6.45) is 2.69. The van der Waals surface area contributed by atoms with Crippen LogP contribution in [0.3, 0.4) is 0 Å². The summed E-state index contributed by atoms with van der Waals surface area (Å²) in [6.45, 7) is 4.19. The van der Waals surface area contributed by atoms with Crippen LogP contribution in [-0.4, -0.2) is 55.6 Å². The van der Waals surface area contributed by atoms with E-state index in [-0.39, 0.29) is 40.9 Å². The highest BCUT2D eigenvalue weighted by Gasteiger charge is 2.51. The number of sulfonamides is 1. The molecule has 1 aromatic heterocycles. The van der Waals surface area contributed by atoms with Gasteiger partial charge in [-0.3, -0.25) is 14.6 Å². The van der Waals surface area contributed by atoms with E-state index in [9.17, 15) is 22.9 Å². The van der Waals surface area contributed by atoms with Crippen LogP contribution in [0.5, 0.6) is 0 Å². The number of carbonyl (C=O) groups excluding carboxylic acids is 1. The van der Waals surface area contributed by atoms with E-state index >= 15 is 0 Å². The van der Waals surface area contributed by atoms with Gasteiger partial charge in [0.25, 0.3) is 0 Å². The fraction of sp³-hybridized carbons (Fsp3) is 0.318. The van der Waals surface area contributed by atoms with Gasteiger partial charge in [-0.1, -0.05) is 23.5 Å². The first-order valence-electron chi connectivity index (χ1n) is 11.0. The molecule has 0 saturated carbocycles. The first-order valence-corrected chi connectivity index (χ1v) is 15.4. The summed E-state index contributed by atoms with van der Waals surface area (Å²) >= 11 is 1.42. The summed E-state index contributed by atoms with van der Waals surface area (Å²) in [4.78, 5) is 13.5. The van der Waals surface area contributed by atoms with Crippen LogP contribution in [0.1, 0.15) is 25.8 Å². The highest BCUT2D eigenvalue weighted by Crippen LogP contribution is 2.52. The van der Waals surface area contributed by atoms with Gasteiger partial charge < -0.3 is 9.63 Å². The normalized spacial score (nSPS) is 23.9. The molecule has 0 bridgehead atoms. The average Bonchev–Trinajstić information content (AvgIpc) is 3.32. The van der Waals surface area contributed by atoms with Crippen molar-refractivity contribution in [2.45, 2.75) is 20.3 Å². The summed E-state index contributed by atoms with van der Waals surface area (Å²) < 4.78 is 48.7. The molecule has 2 aliphatic rings. The maximum Gasteiger partial charge on any atom is 0.376 e. The Morgan fingerprint density at radius 1 is 1.31 bits per heavy atom. The Kier molecular flexibility index (Phi) is 6.97. The Balaban J connectivity index is 1.88. The maximum atomic E-state index is 13.9. The molecule has 2 aromatic rings. The topological polar surface area (TPSA) is 147 Å². The van der Waals surface area contributed by atoms with E-state index < -0.39 is 28.0 Å². The quantitative estimate of drug-likeness (QED) is 0.351. The fourth-order valence-electron chi connectivity index (χ4n) is 3.81. The van der Waals surface area contributed by atoms with Crippen LogP contribution in [0.25, 0.3) is 0 Å². The summed E-state index contributed by atoms with van der Waals surface area (Å²) in [5.41, 5.74) is 1.38. The molecule has 3 heterocycles. The molecule has 36 heavy (non-hydrogen) atoms. The Bertz CT molecular complexity index is 1450. The number of allylic oxidation sites excluding steroid dienone is 1. The number of fused-ring (bicyclic) bond motifs is 1. The molecule has 11 nitrogen and oxygen atoms in total. The number of benzene rings is 1. The number of carbonyl (C=O) groups is 1. The summed E-state index contributed by atoms with van der Waals surface area (Å²) in [5, 5.41) is 22.1. The predicted octanol–water partition coefficient (Wildman–Crippen LogP) is 3.62. The standard InChI is InChI=1S/C22H26N5O6PS2/c1-14(2)7-9-27(20(29)12-18(28)21(24-27)15-8-10-35-13-15)22-23-17-6-5-16(26-36(4,31)32)11-19(17)34(30,25-22)33-3/h5-6,8,10-14H,7,9H2,1-4H3,(H2-,23,24,25,26,28,29,30)/p+1. The second kappa shape index (κ2) is 9.56. The minimum absolute atomic E-state index is 0.0152. The van der Waals surface area contributed by atoms with Crippen molar-refractivity contribution in [3.63, 3.8) is 0 Å². The van der Waals surface area contributed by atoms with Gasteiger partial charge in [0.1, 0.15) is 6.54 Å². The number of quaternary nitrogens is 1. The van der Waals surface area contributed by atoms with Crippen LogP contribution in [-0.2, 0) is 23.9 Å². The Labute approximate surface area is 213 Å². The molecule has 2 aliphatic heterocycles. The SMILES string of the molecule is COP1(=O)N=C([N+]2(CCC(C)C)N=C(c3ccsc3)C(O)=CC2=O)Nc2ccc(NS(C)(=O)=O)cc21. The van der Waals surface area contributed by atoms with E-state index in [0.29, 0.717) is 17.7 Å². The number of aliphatic hydroxyl groups excluding tert-OH is 1. The summed E-state index contributed by atoms with van der Waals surface area (Å²) in [7, 11) is -6.28. The van der Waals surface area contributed by atoms with Crippen molar-refractivity contribution in [1.82, 2.24) is 0 Å². The zero-order valence-corrected chi connectivity index (χ0v) is 22.7. The van der Waals surface area contributed by atoms with Gasteiger partial charge >= 0.3 is 19.4 Å². The lowest BCUT2D eigenvalue weighted by molar-refractivity contribution is -0.769. The van der Waals surface area contributed by atoms with Crippen molar-refractivity contribution in [1.29, 1.82) is 0 Å². The van der Waals surface area contributed by atoms with Crippen molar-refractivity contribution < 1.29 is 32.0 Å². The number of hydrogen-bond donors (Lipinski definition) is 3. The number of guanidine groups is 1. The minimum Gasteiger partial charge on any atom is -0.505 e. The summed E-state index contributed by atoms with van der Waals surface area (Å²) in [5.74, 6) is -0.624. The maximum absolute atomic E-state index is 13.9. The third-order valence-electron chi connectivity index (χ3n) is 5.64. The lowest BCUT2D eigenvalue weighted by atomic mass is 10.1. The predicted molar refractivity (Wildman–Crippen MR) is 141 cm³/mol. The van der Waals surface area contributed by atoms with Gasteiger partial charge in [-0.25, -0.2) is 13.2 Å². The molecular formula is C22H27N5O6PS2+. The van der Waals surface area contributed by atoms with Crippen molar-refractivity contribution in [3.8, 4) is 0 Å². The first kappa shape index (κ1) is 26.2. The van der Waals surface area contributed by atoms with E-state index in [1.165, 1.54) is 36.6 Å². The third-order valence-corrected chi connectivity index (χ3v) is 8.86. The molecule has 1 aromatic carbocycles. The highest BCUT2D eigenvalue weighted by atomic mass is 32.2. The van der Waals surface area contributed by atoms with Crippen molar-refractivity contribution in [3.05, 3.63) is 52.4 Å². The molecule has 192 valence electrons. The molecule has 0 aliphatic carbocycles. The van der Waals surface area contributed by atoms with Crippen molar-refractivity contribution >= 4 is 63.1 Å². The second-order valence-electron chi connectivity index (χ2n) is 8.86. The van der Waals surface area contributed by atoms with Crippen LogP contribution < -0.4 is 15.3 Å². The number of aliphatic hydroxyl groups is 1. The largest absolute Gasteiger partial charge is 0.505 e. The van der Waals surface area contributed by atoms with Gasteiger partial charge in [0, 0.05) is 30.2 Å². The van der Waals surface area contributed by atoms with Gasteiger partial charge in [-0.15, -0.1) is 4.76 Å². The van der Waals surface area contributed by atoms with E-state index in [1.54, 1.807) is 11.4 Å². The number of nitrogens with zero attached hydrogens (tertiary/aromatic N) is 3. The zero-order chi connectivity index (χ0) is 26.3. The molecule has 0 spiro atoms. The lowest BCUT2D eigenvalue weighted by Gasteiger charge is -2.34. The number of hydrogen-bond acceptors (Lipinski definition) is 9. The number of thiophene rings is 1. The van der Waals surface area contributed by atoms with E-state index in [0.717, 1.165) is 12.3 Å². The Morgan fingerprint density at radius 2 is 2.06 bits per heavy atom. The minimum atomic E-state index is -3.94. The summed E-state index contributed by atoms with van der Waals surface area (Å²) in [6, 6.07) is 6.20. The van der Waals surface area contributed by atoms with E-state index in [1.807, 2.05) is 19.2 Å². The number of amides is 1. The Morgan fingerprint density at radius 3 is 2.67 bits per heavy atom. The van der Waals surface area contributed by atoms with Gasteiger partial charge in [-0.2, -0.15) is 11.3 Å².